The Morgan fingerprint density at radius 1 is 0.905 bits per heavy atom. The van der Waals surface area contributed by atoms with Crippen molar-refractivity contribution in [3.05, 3.63) is 60.1 Å². The van der Waals surface area contributed by atoms with Gasteiger partial charge in [-0.15, -0.1) is 0 Å². The van der Waals surface area contributed by atoms with Crippen molar-refractivity contribution in [2.24, 2.45) is 0 Å². The van der Waals surface area contributed by atoms with E-state index in [0.29, 0.717) is 86.6 Å². The molecule has 2 aliphatic rings. The molecule has 4 aromatic rings. The van der Waals surface area contributed by atoms with Crippen LogP contribution in [0.2, 0.25) is 0 Å². The molecule has 1 N–H and O–H groups in total. The molecule has 3 aromatic heterocycles. The average molecular weight is 597 g/mol. The van der Waals surface area contributed by atoms with Crippen LogP contribution in [0.4, 0.5) is 31.7 Å². The molecule has 5 heterocycles. The average Bonchev–Trinajstić information content (AvgIpc) is 2.99. The largest absolute Gasteiger partial charge is 0.378 e. The van der Waals surface area contributed by atoms with Crippen LogP contribution in [0.5, 0.6) is 0 Å². The Bertz CT molecular complexity index is 1760. The van der Waals surface area contributed by atoms with Gasteiger partial charge in [-0.1, -0.05) is 0 Å². The first kappa shape index (κ1) is 28.2. The predicted molar refractivity (Wildman–Crippen MR) is 156 cm³/mol. The Kier molecular flexibility index (Phi) is 7.64. The van der Waals surface area contributed by atoms with E-state index in [1.807, 2.05) is 12.3 Å². The molecular weight excluding hydrogens is 566 g/mol. The van der Waals surface area contributed by atoms with E-state index in [2.05, 4.69) is 25.1 Å². The van der Waals surface area contributed by atoms with E-state index in [9.17, 15) is 12.8 Å². The van der Waals surface area contributed by atoms with Crippen molar-refractivity contribution in [1.82, 2.24) is 15.0 Å². The molecule has 13 heteroatoms. The second-order valence-corrected chi connectivity index (χ2v) is 12.3. The van der Waals surface area contributed by atoms with Crippen molar-refractivity contribution >= 4 is 43.6 Å². The second kappa shape index (κ2) is 11.4. The van der Waals surface area contributed by atoms with Crippen LogP contribution in [0.15, 0.2) is 47.8 Å². The topological polar surface area (TPSA) is 110 Å². The molecule has 0 aliphatic carbocycles. The molecule has 42 heavy (non-hydrogen) atoms. The Labute approximate surface area is 242 Å². The third kappa shape index (κ3) is 5.59. The number of hydrogen-bond donors (Lipinski definition) is 1. The minimum Gasteiger partial charge on any atom is -0.378 e. The monoisotopic (exact) mass is 596 g/mol. The summed E-state index contributed by atoms with van der Waals surface area (Å²) in [6.45, 7) is 6.72. The normalized spacial score (nSPS) is 16.2. The van der Waals surface area contributed by atoms with Crippen molar-refractivity contribution in [3.63, 3.8) is 0 Å². The Balaban J connectivity index is 1.54. The summed E-state index contributed by atoms with van der Waals surface area (Å²) in [5.74, 6) is -0.881. The number of pyridine rings is 3. The molecule has 1 aromatic carbocycles. The maximum atomic E-state index is 15.5. The summed E-state index contributed by atoms with van der Waals surface area (Å²) in [7, 11) is -3.56. The molecule has 2 fully saturated rings. The summed E-state index contributed by atoms with van der Waals surface area (Å²) in [6.07, 6.45) is 5.65. The van der Waals surface area contributed by atoms with Crippen LogP contribution >= 0.6 is 0 Å². The van der Waals surface area contributed by atoms with Gasteiger partial charge in [-0.25, -0.2) is 27.2 Å². The summed E-state index contributed by atoms with van der Waals surface area (Å²) >= 11 is 0. The highest BCUT2D eigenvalue weighted by atomic mass is 32.2. The van der Waals surface area contributed by atoms with Crippen LogP contribution in [0, 0.1) is 18.6 Å². The minimum atomic E-state index is -3.56. The summed E-state index contributed by atoms with van der Waals surface area (Å²) < 4.78 is 65.5. The smallest absolute Gasteiger partial charge is 0.177 e. The first-order valence-electron chi connectivity index (χ1n) is 13.6. The number of nitrogens with zero attached hydrogens (tertiary/aromatic N) is 5. The van der Waals surface area contributed by atoms with Gasteiger partial charge in [-0.2, -0.15) is 0 Å². The van der Waals surface area contributed by atoms with E-state index in [-0.39, 0.29) is 15.8 Å². The zero-order valence-electron chi connectivity index (χ0n) is 23.2. The lowest BCUT2D eigenvalue weighted by molar-refractivity contribution is 0.122. The number of morpholine rings is 2. The number of halogens is 2. The Hall–Kier alpha value is -3.94. The molecule has 0 bridgehead atoms. The van der Waals surface area contributed by atoms with Crippen LogP contribution in [0.3, 0.4) is 0 Å². The lowest BCUT2D eigenvalue weighted by Gasteiger charge is -2.32. The van der Waals surface area contributed by atoms with E-state index in [1.165, 1.54) is 18.5 Å². The first-order chi connectivity index (χ1) is 20.2. The molecule has 2 saturated heterocycles. The zero-order chi connectivity index (χ0) is 29.4. The Morgan fingerprint density at radius 2 is 1.60 bits per heavy atom. The number of ether oxygens (including phenoxy) is 2. The highest BCUT2D eigenvalue weighted by Gasteiger charge is 2.24. The molecule has 0 amide bonds. The van der Waals surface area contributed by atoms with Gasteiger partial charge in [0.15, 0.2) is 15.7 Å². The van der Waals surface area contributed by atoms with Gasteiger partial charge >= 0.3 is 0 Å². The van der Waals surface area contributed by atoms with Gasteiger partial charge in [-0.3, -0.25) is 4.98 Å². The molecule has 6 rings (SSSR count). The van der Waals surface area contributed by atoms with Crippen LogP contribution in [-0.2, 0) is 19.3 Å². The molecule has 2 aliphatic heterocycles. The van der Waals surface area contributed by atoms with Gasteiger partial charge in [0.1, 0.15) is 11.6 Å². The predicted octanol–water partition coefficient (Wildman–Crippen LogP) is 4.10. The molecule has 0 radical (unpaired) electrons. The van der Waals surface area contributed by atoms with Crippen LogP contribution in [-0.4, -0.2) is 82.2 Å². The summed E-state index contributed by atoms with van der Waals surface area (Å²) in [5, 5.41) is 3.54. The zero-order valence-corrected chi connectivity index (χ0v) is 24.0. The summed E-state index contributed by atoms with van der Waals surface area (Å²) in [4.78, 5) is 17.8. The van der Waals surface area contributed by atoms with E-state index >= 15 is 4.39 Å². The number of rotatable bonds is 6. The summed E-state index contributed by atoms with van der Waals surface area (Å²) in [5.41, 5.74) is 3.24. The first-order valence-corrected chi connectivity index (χ1v) is 15.5. The van der Waals surface area contributed by atoms with Crippen molar-refractivity contribution in [1.29, 1.82) is 0 Å². The molecular formula is C29H30F2N6O4S. The third-order valence-electron chi connectivity index (χ3n) is 7.46. The molecule has 0 atom stereocenters. The summed E-state index contributed by atoms with van der Waals surface area (Å²) in [6, 6.07) is 5.42. The standard InChI is InChI=1S/C29H30F2N6O4S/c1-18-27(19-11-22(17-32-15-19)42(2,38)39)34-24-13-20(30)12-23(31)26(24)28(18)35-25-14-21(36-3-7-40-8-4-36)16-33-29(25)37-5-9-41-10-6-37/h11-17H,3-10H2,1-2H3,(H,34,35). The maximum Gasteiger partial charge on any atom is 0.177 e. The van der Waals surface area contributed by atoms with Crippen molar-refractivity contribution < 1.29 is 26.7 Å². The quantitative estimate of drug-likeness (QED) is 0.349. The number of fused-ring (bicyclic) bond motifs is 1. The van der Waals surface area contributed by atoms with Crippen molar-refractivity contribution in [2.75, 3.05) is 74.0 Å². The third-order valence-corrected chi connectivity index (χ3v) is 8.54. The van der Waals surface area contributed by atoms with Crippen LogP contribution in [0.1, 0.15) is 5.56 Å². The van der Waals surface area contributed by atoms with Gasteiger partial charge in [0.05, 0.1) is 71.2 Å². The fourth-order valence-corrected chi connectivity index (χ4v) is 5.88. The van der Waals surface area contributed by atoms with E-state index in [4.69, 9.17) is 14.5 Å². The number of aromatic nitrogens is 3. The van der Waals surface area contributed by atoms with Crippen molar-refractivity contribution in [2.45, 2.75) is 11.8 Å². The lowest BCUT2D eigenvalue weighted by atomic mass is 10.0. The minimum absolute atomic E-state index is 0.0123. The Morgan fingerprint density at radius 3 is 2.29 bits per heavy atom. The lowest BCUT2D eigenvalue weighted by Crippen LogP contribution is -2.38. The fourth-order valence-electron chi connectivity index (χ4n) is 5.29. The fraction of sp³-hybridized carbons (Fsp3) is 0.345. The number of hydrogen-bond acceptors (Lipinski definition) is 10. The van der Waals surface area contributed by atoms with Gasteiger partial charge in [0.2, 0.25) is 0 Å². The highest BCUT2D eigenvalue weighted by molar-refractivity contribution is 7.90. The van der Waals surface area contributed by atoms with Gasteiger partial charge in [-0.05, 0) is 24.6 Å². The molecule has 220 valence electrons. The van der Waals surface area contributed by atoms with Gasteiger partial charge < -0.3 is 24.6 Å². The SMILES string of the molecule is Cc1c(-c2cncc(S(C)(=O)=O)c2)nc2cc(F)cc(F)c2c1Nc1cc(N2CCOCC2)cnc1N1CCOCC1. The second-order valence-electron chi connectivity index (χ2n) is 10.3. The molecule has 0 spiro atoms. The number of sulfone groups is 1. The molecule has 10 nitrogen and oxygen atoms in total. The maximum absolute atomic E-state index is 15.5. The van der Waals surface area contributed by atoms with Crippen molar-refractivity contribution in [3.8, 4) is 11.3 Å². The van der Waals surface area contributed by atoms with Gasteiger partial charge in [0, 0.05) is 62.5 Å². The van der Waals surface area contributed by atoms with Crippen LogP contribution < -0.4 is 15.1 Å². The van der Waals surface area contributed by atoms with Gasteiger partial charge in [0.25, 0.3) is 0 Å². The number of nitrogens with one attached hydrogen (secondary N) is 1. The van der Waals surface area contributed by atoms with Crippen LogP contribution in [0.25, 0.3) is 22.2 Å². The van der Waals surface area contributed by atoms with E-state index in [0.717, 1.165) is 24.1 Å². The van der Waals surface area contributed by atoms with E-state index in [1.54, 1.807) is 6.92 Å². The molecule has 0 unspecified atom stereocenters. The van der Waals surface area contributed by atoms with E-state index < -0.39 is 21.5 Å². The molecule has 0 saturated carbocycles. The number of benzene rings is 1. The number of anilines is 4. The highest BCUT2D eigenvalue weighted by Crippen LogP contribution is 2.40.